The molecule has 0 aliphatic carbocycles. The van der Waals surface area contributed by atoms with Crippen LogP contribution in [0.5, 0.6) is 0 Å². The third-order valence-electron chi connectivity index (χ3n) is 3.94. The van der Waals surface area contributed by atoms with Crippen LogP contribution in [-0.4, -0.2) is 36.9 Å². The Hall–Kier alpha value is -3.03. The van der Waals surface area contributed by atoms with E-state index in [0.717, 1.165) is 23.9 Å². The number of nitrogens with one attached hydrogen (secondary N) is 2. The van der Waals surface area contributed by atoms with Crippen LogP contribution >= 0.6 is 0 Å². The summed E-state index contributed by atoms with van der Waals surface area (Å²) < 4.78 is 27.6. The van der Waals surface area contributed by atoms with E-state index < -0.39 is 35.1 Å². The lowest BCUT2D eigenvalue weighted by Crippen LogP contribution is -2.47. The molecule has 2 N–H and O–H groups in total. The number of anilines is 2. The second-order valence-electron chi connectivity index (χ2n) is 6.58. The highest BCUT2D eigenvalue weighted by atomic mass is 19.1. The lowest BCUT2D eigenvalue weighted by molar-refractivity contribution is -0.118. The van der Waals surface area contributed by atoms with Crippen molar-refractivity contribution in [1.82, 2.24) is 10.3 Å². The molecule has 0 saturated heterocycles. The van der Waals surface area contributed by atoms with Crippen LogP contribution in [-0.2, 0) is 4.79 Å². The molecule has 0 fully saturated rings. The maximum atomic E-state index is 13.8. The fourth-order valence-electron chi connectivity index (χ4n) is 2.39. The Morgan fingerprint density at radius 2 is 1.70 bits per heavy atom. The lowest BCUT2D eigenvalue weighted by Gasteiger charge is -2.22. The van der Waals surface area contributed by atoms with Gasteiger partial charge in [-0.15, -0.1) is 0 Å². The van der Waals surface area contributed by atoms with Gasteiger partial charge in [0.05, 0.1) is 11.9 Å². The maximum absolute atomic E-state index is 13.8. The van der Waals surface area contributed by atoms with E-state index in [4.69, 9.17) is 0 Å². The van der Waals surface area contributed by atoms with Crippen LogP contribution in [0.25, 0.3) is 0 Å². The second kappa shape index (κ2) is 8.57. The summed E-state index contributed by atoms with van der Waals surface area (Å²) >= 11 is 0. The van der Waals surface area contributed by atoms with Crippen LogP contribution in [0.1, 0.15) is 24.2 Å². The fraction of sp³-hybridized carbons (Fsp3) is 0.316. The van der Waals surface area contributed by atoms with E-state index in [0.29, 0.717) is 5.82 Å². The predicted octanol–water partition coefficient (Wildman–Crippen LogP) is 2.82. The summed E-state index contributed by atoms with van der Waals surface area (Å²) in [5, 5.41) is 5.00. The molecule has 0 aliphatic rings. The molecule has 6 nitrogen and oxygen atoms in total. The van der Waals surface area contributed by atoms with E-state index in [1.54, 1.807) is 32.2 Å². The van der Waals surface area contributed by atoms with Gasteiger partial charge >= 0.3 is 0 Å². The summed E-state index contributed by atoms with van der Waals surface area (Å²) in [5.74, 6) is -3.50. The van der Waals surface area contributed by atoms with Crippen LogP contribution in [0, 0.1) is 17.6 Å². The summed E-state index contributed by atoms with van der Waals surface area (Å²) in [6.07, 6.45) is 1.59. The summed E-state index contributed by atoms with van der Waals surface area (Å²) in [6.45, 7) is 3.43. The van der Waals surface area contributed by atoms with Crippen molar-refractivity contribution in [2.75, 3.05) is 24.3 Å². The zero-order chi connectivity index (χ0) is 20.1. The van der Waals surface area contributed by atoms with Gasteiger partial charge in [0.2, 0.25) is 5.91 Å². The molecule has 1 unspecified atom stereocenters. The van der Waals surface area contributed by atoms with Crippen molar-refractivity contribution in [3.63, 3.8) is 0 Å². The first kappa shape index (κ1) is 20.3. The molecule has 8 heteroatoms. The molecular formula is C19H22F2N4O2. The monoisotopic (exact) mass is 376 g/mol. The number of carbonyl (C=O) groups excluding carboxylic acids is 2. The van der Waals surface area contributed by atoms with Crippen LogP contribution in [0.3, 0.4) is 0 Å². The molecule has 2 amide bonds. The quantitative estimate of drug-likeness (QED) is 0.813. The Labute approximate surface area is 156 Å². The van der Waals surface area contributed by atoms with Crippen LogP contribution in [0.15, 0.2) is 36.5 Å². The summed E-state index contributed by atoms with van der Waals surface area (Å²) in [4.78, 5) is 30.8. The van der Waals surface area contributed by atoms with Crippen molar-refractivity contribution < 1.29 is 18.4 Å². The molecule has 144 valence electrons. The Balaban J connectivity index is 2.14. The topological polar surface area (TPSA) is 74.3 Å². The molecule has 0 spiro atoms. The Morgan fingerprint density at radius 3 is 2.19 bits per heavy atom. The number of hydrogen-bond acceptors (Lipinski definition) is 4. The van der Waals surface area contributed by atoms with E-state index >= 15 is 0 Å². The van der Waals surface area contributed by atoms with Crippen molar-refractivity contribution >= 4 is 23.3 Å². The van der Waals surface area contributed by atoms with E-state index in [1.807, 2.05) is 19.0 Å². The van der Waals surface area contributed by atoms with Crippen molar-refractivity contribution in [2.24, 2.45) is 5.92 Å². The molecule has 1 aromatic carbocycles. The molecule has 1 aromatic heterocycles. The fourth-order valence-corrected chi connectivity index (χ4v) is 2.39. The minimum atomic E-state index is -0.994. The highest BCUT2D eigenvalue weighted by Crippen LogP contribution is 2.15. The van der Waals surface area contributed by atoms with Crippen molar-refractivity contribution in [2.45, 2.75) is 19.9 Å². The first-order valence-electron chi connectivity index (χ1n) is 8.39. The van der Waals surface area contributed by atoms with Gasteiger partial charge in [-0.05, 0) is 30.2 Å². The SMILES string of the molecule is CC(C)C(NC(=O)c1c(F)cccc1F)C(=O)Nc1ccc(N(C)C)cn1. The van der Waals surface area contributed by atoms with Gasteiger partial charge in [0.1, 0.15) is 29.1 Å². The van der Waals surface area contributed by atoms with Gasteiger partial charge in [0.15, 0.2) is 0 Å². The first-order chi connectivity index (χ1) is 12.7. The minimum absolute atomic E-state index is 0.308. The lowest BCUT2D eigenvalue weighted by atomic mass is 10.0. The van der Waals surface area contributed by atoms with Gasteiger partial charge in [-0.3, -0.25) is 9.59 Å². The summed E-state index contributed by atoms with van der Waals surface area (Å²) in [7, 11) is 3.73. The number of nitrogens with zero attached hydrogens (tertiary/aromatic N) is 2. The van der Waals surface area contributed by atoms with E-state index in [9.17, 15) is 18.4 Å². The molecule has 1 atom stereocenters. The largest absolute Gasteiger partial charge is 0.376 e. The van der Waals surface area contributed by atoms with Crippen molar-refractivity contribution in [1.29, 1.82) is 0 Å². The van der Waals surface area contributed by atoms with Gasteiger partial charge in [-0.1, -0.05) is 19.9 Å². The highest BCUT2D eigenvalue weighted by Gasteiger charge is 2.27. The summed E-state index contributed by atoms with van der Waals surface area (Å²) in [5.41, 5.74) is 0.140. The molecule has 0 radical (unpaired) electrons. The average Bonchev–Trinajstić information content (AvgIpc) is 2.59. The Kier molecular flexibility index (Phi) is 6.44. The molecule has 2 aromatic rings. The second-order valence-corrected chi connectivity index (χ2v) is 6.58. The zero-order valence-electron chi connectivity index (χ0n) is 15.6. The molecule has 0 aliphatic heterocycles. The molecule has 27 heavy (non-hydrogen) atoms. The van der Waals surface area contributed by atoms with Gasteiger partial charge in [0.25, 0.3) is 5.91 Å². The third-order valence-corrected chi connectivity index (χ3v) is 3.94. The molecule has 0 saturated carbocycles. The highest BCUT2D eigenvalue weighted by molar-refractivity contribution is 6.01. The zero-order valence-corrected chi connectivity index (χ0v) is 15.6. The van der Waals surface area contributed by atoms with Crippen LogP contribution in [0.2, 0.25) is 0 Å². The van der Waals surface area contributed by atoms with E-state index in [2.05, 4.69) is 15.6 Å². The van der Waals surface area contributed by atoms with E-state index in [1.165, 1.54) is 0 Å². The molecular weight excluding hydrogens is 354 g/mol. The minimum Gasteiger partial charge on any atom is -0.376 e. The predicted molar refractivity (Wildman–Crippen MR) is 99.6 cm³/mol. The number of carbonyl (C=O) groups is 2. The number of halogens is 2. The number of hydrogen-bond donors (Lipinski definition) is 2. The van der Waals surface area contributed by atoms with Crippen LogP contribution < -0.4 is 15.5 Å². The standard InChI is InChI=1S/C19H22F2N4O2/c1-11(2)17(24-18(26)16-13(20)6-5-7-14(16)21)19(27)23-15-9-8-12(10-22-15)25(3)4/h5-11,17H,1-4H3,(H,24,26)(H,22,23,27). The number of aromatic nitrogens is 1. The number of benzene rings is 1. The van der Waals surface area contributed by atoms with Crippen molar-refractivity contribution in [3.8, 4) is 0 Å². The Morgan fingerprint density at radius 1 is 1.07 bits per heavy atom. The normalized spacial score (nSPS) is 11.8. The number of pyridine rings is 1. The van der Waals surface area contributed by atoms with Crippen LogP contribution in [0.4, 0.5) is 20.3 Å². The summed E-state index contributed by atoms with van der Waals surface area (Å²) in [6, 6.07) is 5.55. The average molecular weight is 376 g/mol. The Bertz CT molecular complexity index is 803. The van der Waals surface area contributed by atoms with Gasteiger partial charge in [0, 0.05) is 14.1 Å². The molecule has 1 heterocycles. The van der Waals surface area contributed by atoms with E-state index in [-0.39, 0.29) is 5.92 Å². The molecule has 0 bridgehead atoms. The van der Waals surface area contributed by atoms with Crippen molar-refractivity contribution in [3.05, 3.63) is 53.7 Å². The third kappa shape index (κ3) is 4.99. The molecule has 2 rings (SSSR count). The maximum Gasteiger partial charge on any atom is 0.257 e. The van der Waals surface area contributed by atoms with Gasteiger partial charge in [-0.2, -0.15) is 0 Å². The number of amides is 2. The van der Waals surface area contributed by atoms with Gasteiger partial charge < -0.3 is 15.5 Å². The number of rotatable bonds is 6. The van der Waals surface area contributed by atoms with Gasteiger partial charge in [-0.25, -0.2) is 13.8 Å². The first-order valence-corrected chi connectivity index (χ1v) is 8.39. The smallest absolute Gasteiger partial charge is 0.257 e.